The zero-order valence-electron chi connectivity index (χ0n) is 12.8. The molecule has 0 aliphatic heterocycles. The van der Waals surface area contributed by atoms with Gasteiger partial charge in [0.25, 0.3) is 0 Å². The SMILES string of the molecule is CC(C)OC(=O)c1cc(C(=O)OC(C)C)cc(S(N)(=O)=O)c1. The molecule has 22 heavy (non-hydrogen) atoms. The highest BCUT2D eigenvalue weighted by atomic mass is 32.2. The van der Waals surface area contributed by atoms with E-state index in [-0.39, 0.29) is 16.0 Å². The summed E-state index contributed by atoms with van der Waals surface area (Å²) in [6, 6.07) is 3.34. The number of nitrogens with two attached hydrogens (primary N) is 1. The van der Waals surface area contributed by atoms with Gasteiger partial charge in [0.05, 0.1) is 28.2 Å². The smallest absolute Gasteiger partial charge is 0.338 e. The van der Waals surface area contributed by atoms with Gasteiger partial charge in [0.2, 0.25) is 10.0 Å². The van der Waals surface area contributed by atoms with Crippen molar-refractivity contribution < 1.29 is 27.5 Å². The van der Waals surface area contributed by atoms with Crippen molar-refractivity contribution in [2.24, 2.45) is 5.14 Å². The number of esters is 2. The Morgan fingerprint density at radius 1 is 0.909 bits per heavy atom. The van der Waals surface area contributed by atoms with Crippen LogP contribution in [0.4, 0.5) is 0 Å². The van der Waals surface area contributed by atoms with E-state index in [9.17, 15) is 18.0 Å². The van der Waals surface area contributed by atoms with E-state index in [1.54, 1.807) is 27.7 Å². The van der Waals surface area contributed by atoms with E-state index in [0.29, 0.717) is 0 Å². The quantitative estimate of drug-likeness (QED) is 0.818. The highest BCUT2D eigenvalue weighted by Crippen LogP contribution is 2.17. The molecule has 0 spiro atoms. The van der Waals surface area contributed by atoms with Gasteiger partial charge in [-0.05, 0) is 45.9 Å². The Labute approximate surface area is 129 Å². The summed E-state index contributed by atoms with van der Waals surface area (Å²) >= 11 is 0. The minimum Gasteiger partial charge on any atom is -0.459 e. The maximum atomic E-state index is 11.9. The molecule has 7 nitrogen and oxygen atoms in total. The number of hydrogen-bond donors (Lipinski definition) is 1. The van der Waals surface area contributed by atoms with Crippen LogP contribution in [0, 0.1) is 0 Å². The molecule has 0 aliphatic carbocycles. The Balaban J connectivity index is 3.34. The van der Waals surface area contributed by atoms with Gasteiger partial charge in [-0.1, -0.05) is 0 Å². The molecule has 2 N–H and O–H groups in total. The van der Waals surface area contributed by atoms with Crippen LogP contribution in [-0.4, -0.2) is 32.6 Å². The molecule has 8 heteroatoms. The van der Waals surface area contributed by atoms with Gasteiger partial charge in [-0.2, -0.15) is 0 Å². The molecule has 0 atom stereocenters. The summed E-state index contributed by atoms with van der Waals surface area (Å²) in [5, 5.41) is 5.07. The number of sulfonamides is 1. The molecule has 0 unspecified atom stereocenters. The summed E-state index contributed by atoms with van der Waals surface area (Å²) in [6.07, 6.45) is -0.784. The fourth-order valence-corrected chi connectivity index (χ4v) is 2.15. The third-order valence-corrected chi connectivity index (χ3v) is 3.28. The van der Waals surface area contributed by atoms with Crippen LogP contribution in [0.3, 0.4) is 0 Å². The van der Waals surface area contributed by atoms with Gasteiger partial charge in [0, 0.05) is 0 Å². The van der Waals surface area contributed by atoms with Crippen molar-refractivity contribution in [3.63, 3.8) is 0 Å². The Hall–Kier alpha value is -1.93. The molecular weight excluding hydrogens is 310 g/mol. The van der Waals surface area contributed by atoms with Crippen LogP contribution < -0.4 is 5.14 Å². The summed E-state index contributed by atoms with van der Waals surface area (Å²) in [5.74, 6) is -1.50. The Bertz CT molecular complexity index is 638. The standard InChI is InChI=1S/C14H19NO6S/c1-8(2)20-13(16)10-5-11(14(17)21-9(3)4)7-12(6-10)22(15,18)19/h5-9H,1-4H3,(H2,15,18,19). The van der Waals surface area contributed by atoms with Gasteiger partial charge in [-0.25, -0.2) is 23.1 Å². The lowest BCUT2D eigenvalue weighted by Crippen LogP contribution is -2.18. The fourth-order valence-electron chi connectivity index (χ4n) is 1.56. The maximum Gasteiger partial charge on any atom is 0.338 e. The van der Waals surface area contributed by atoms with Crippen LogP contribution in [0.15, 0.2) is 23.1 Å². The molecule has 0 bridgehead atoms. The Morgan fingerprint density at radius 3 is 1.55 bits per heavy atom. The molecule has 0 saturated carbocycles. The minimum atomic E-state index is -4.09. The highest BCUT2D eigenvalue weighted by Gasteiger charge is 2.20. The normalized spacial score (nSPS) is 11.6. The number of carbonyl (C=O) groups excluding carboxylic acids is 2. The monoisotopic (exact) mass is 329 g/mol. The number of rotatable bonds is 5. The topological polar surface area (TPSA) is 113 Å². The van der Waals surface area contributed by atoms with Crippen molar-refractivity contribution in [2.75, 3.05) is 0 Å². The zero-order valence-corrected chi connectivity index (χ0v) is 13.6. The van der Waals surface area contributed by atoms with Crippen LogP contribution in [0.2, 0.25) is 0 Å². The zero-order chi connectivity index (χ0) is 17.1. The molecule has 0 aromatic heterocycles. The lowest BCUT2D eigenvalue weighted by molar-refractivity contribution is 0.0377. The van der Waals surface area contributed by atoms with E-state index in [0.717, 1.165) is 12.1 Å². The third kappa shape index (κ3) is 5.12. The summed E-state index contributed by atoms with van der Waals surface area (Å²) in [4.78, 5) is 23.5. The summed E-state index contributed by atoms with van der Waals surface area (Å²) in [5.41, 5.74) is -0.174. The van der Waals surface area contributed by atoms with E-state index in [4.69, 9.17) is 14.6 Å². The number of primary sulfonamides is 1. The van der Waals surface area contributed by atoms with Crippen LogP contribution in [0.1, 0.15) is 48.4 Å². The third-order valence-electron chi connectivity index (χ3n) is 2.39. The van der Waals surface area contributed by atoms with Crippen molar-refractivity contribution >= 4 is 22.0 Å². The molecule has 1 aromatic rings. The molecule has 122 valence electrons. The Kier molecular flexibility index (Phi) is 5.67. The van der Waals surface area contributed by atoms with Crippen molar-refractivity contribution in [3.8, 4) is 0 Å². The molecule has 0 amide bonds. The van der Waals surface area contributed by atoms with E-state index >= 15 is 0 Å². The number of hydrogen-bond acceptors (Lipinski definition) is 6. The van der Waals surface area contributed by atoms with Crippen molar-refractivity contribution in [1.29, 1.82) is 0 Å². The van der Waals surface area contributed by atoms with Gasteiger partial charge in [-0.3, -0.25) is 0 Å². The average Bonchev–Trinajstić information content (AvgIpc) is 2.35. The first-order valence-corrected chi connectivity index (χ1v) is 8.15. The molecule has 0 saturated heterocycles. The molecule has 0 heterocycles. The van der Waals surface area contributed by atoms with E-state index in [1.807, 2.05) is 0 Å². The van der Waals surface area contributed by atoms with Crippen LogP contribution in [-0.2, 0) is 19.5 Å². The second-order valence-corrected chi connectivity index (χ2v) is 6.76. The molecular formula is C14H19NO6S. The van der Waals surface area contributed by atoms with Gasteiger partial charge < -0.3 is 9.47 Å². The fraction of sp³-hybridized carbons (Fsp3) is 0.429. The number of benzene rings is 1. The number of carbonyl (C=O) groups is 2. The first-order chi connectivity index (χ1) is 10.0. The van der Waals surface area contributed by atoms with Gasteiger partial charge >= 0.3 is 11.9 Å². The van der Waals surface area contributed by atoms with Crippen LogP contribution >= 0.6 is 0 Å². The first-order valence-electron chi connectivity index (χ1n) is 6.60. The molecule has 1 aromatic carbocycles. The predicted molar refractivity (Wildman–Crippen MR) is 78.9 cm³/mol. The lowest BCUT2D eigenvalue weighted by atomic mass is 10.1. The van der Waals surface area contributed by atoms with Crippen LogP contribution in [0.25, 0.3) is 0 Å². The maximum absolute atomic E-state index is 11.9. The van der Waals surface area contributed by atoms with E-state index < -0.39 is 34.2 Å². The molecule has 0 fully saturated rings. The largest absolute Gasteiger partial charge is 0.459 e. The lowest BCUT2D eigenvalue weighted by Gasteiger charge is -2.12. The summed E-state index contributed by atoms with van der Waals surface area (Å²) in [6.45, 7) is 6.59. The Morgan fingerprint density at radius 2 is 1.27 bits per heavy atom. The van der Waals surface area contributed by atoms with Crippen molar-refractivity contribution in [2.45, 2.75) is 44.8 Å². The molecule has 1 rings (SSSR count). The van der Waals surface area contributed by atoms with Crippen molar-refractivity contribution in [3.05, 3.63) is 29.3 Å². The van der Waals surface area contributed by atoms with Crippen molar-refractivity contribution in [1.82, 2.24) is 0 Å². The summed E-state index contributed by atoms with van der Waals surface area (Å²) in [7, 11) is -4.09. The number of ether oxygens (including phenoxy) is 2. The van der Waals surface area contributed by atoms with Gasteiger partial charge in [0.15, 0.2) is 0 Å². The predicted octanol–water partition coefficient (Wildman–Crippen LogP) is 1.46. The van der Waals surface area contributed by atoms with E-state index in [1.165, 1.54) is 6.07 Å². The molecule has 0 aliphatic rings. The molecule has 0 radical (unpaired) electrons. The average molecular weight is 329 g/mol. The first kappa shape index (κ1) is 18.1. The second-order valence-electron chi connectivity index (χ2n) is 5.20. The summed E-state index contributed by atoms with van der Waals surface area (Å²) < 4.78 is 33.0. The van der Waals surface area contributed by atoms with E-state index in [2.05, 4.69) is 0 Å². The van der Waals surface area contributed by atoms with Crippen LogP contribution in [0.5, 0.6) is 0 Å². The van der Waals surface area contributed by atoms with Gasteiger partial charge in [-0.15, -0.1) is 0 Å². The second kappa shape index (κ2) is 6.89. The van der Waals surface area contributed by atoms with Gasteiger partial charge in [0.1, 0.15) is 0 Å². The minimum absolute atomic E-state index is 0.0871. The highest BCUT2D eigenvalue weighted by molar-refractivity contribution is 7.89.